The van der Waals surface area contributed by atoms with Crippen LogP contribution in [0.2, 0.25) is 0 Å². The number of aromatic hydroxyl groups is 1. The van der Waals surface area contributed by atoms with E-state index in [1.54, 1.807) is 12.1 Å². The van der Waals surface area contributed by atoms with E-state index in [0.29, 0.717) is 6.29 Å². The molecule has 0 unspecified atom stereocenters. The summed E-state index contributed by atoms with van der Waals surface area (Å²) in [6.07, 6.45) is 0.576. The van der Waals surface area contributed by atoms with Crippen molar-refractivity contribution < 1.29 is 14.7 Å². The maximum Gasteiger partial charge on any atom is 0.221 e. The average Bonchev–Trinajstić information content (AvgIpc) is 2.20. The molecule has 0 aliphatic carbocycles. The Morgan fingerprint density at radius 2 is 2.06 bits per heavy atom. The van der Waals surface area contributed by atoms with Gasteiger partial charge in [0, 0.05) is 6.92 Å². The van der Waals surface area contributed by atoms with Gasteiger partial charge >= 0.3 is 0 Å². The Morgan fingerprint density at radius 3 is 2.50 bits per heavy atom. The van der Waals surface area contributed by atoms with Crippen LogP contribution >= 0.6 is 0 Å². The van der Waals surface area contributed by atoms with Gasteiger partial charge in [0.2, 0.25) is 5.91 Å². The van der Waals surface area contributed by atoms with Crippen molar-refractivity contribution in [3.63, 3.8) is 0 Å². The smallest absolute Gasteiger partial charge is 0.221 e. The molecular weight excluding hydrogens is 206 g/mol. The number of amides is 1. The van der Waals surface area contributed by atoms with Crippen LogP contribution in [-0.4, -0.2) is 17.3 Å². The summed E-state index contributed by atoms with van der Waals surface area (Å²) in [5.74, 6) is -0.255. The van der Waals surface area contributed by atoms with Crippen LogP contribution in [0.5, 0.6) is 5.75 Å². The summed E-state index contributed by atoms with van der Waals surface area (Å²) in [4.78, 5) is 21.7. The predicted molar refractivity (Wildman–Crippen MR) is 61.9 cm³/mol. The van der Waals surface area contributed by atoms with Crippen molar-refractivity contribution in [1.82, 2.24) is 0 Å². The van der Waals surface area contributed by atoms with Crippen LogP contribution in [0.15, 0.2) is 12.1 Å². The fourth-order valence-corrected chi connectivity index (χ4v) is 1.39. The number of phenolic OH excluding ortho intramolecular Hbond substituents is 1. The first-order valence-corrected chi connectivity index (χ1v) is 5.05. The highest BCUT2D eigenvalue weighted by Gasteiger charge is 2.12. The van der Waals surface area contributed by atoms with E-state index < -0.39 is 0 Å². The fraction of sp³-hybridized carbons (Fsp3) is 0.333. The number of aldehydes is 1. The quantitative estimate of drug-likeness (QED) is 0.608. The van der Waals surface area contributed by atoms with Gasteiger partial charge in [0.1, 0.15) is 5.75 Å². The monoisotopic (exact) mass is 221 g/mol. The van der Waals surface area contributed by atoms with Crippen LogP contribution in [0.4, 0.5) is 5.69 Å². The summed E-state index contributed by atoms with van der Waals surface area (Å²) in [7, 11) is 0. The molecule has 0 saturated heterocycles. The molecule has 0 aromatic heterocycles. The van der Waals surface area contributed by atoms with E-state index in [-0.39, 0.29) is 28.8 Å². The maximum absolute atomic E-state index is 10.9. The van der Waals surface area contributed by atoms with Crippen LogP contribution < -0.4 is 5.32 Å². The molecular formula is C12H15NO3. The van der Waals surface area contributed by atoms with Crippen molar-refractivity contribution >= 4 is 17.9 Å². The number of anilines is 1. The van der Waals surface area contributed by atoms with E-state index >= 15 is 0 Å². The predicted octanol–water partition coefficient (Wildman–Crippen LogP) is 2.29. The average molecular weight is 221 g/mol. The second kappa shape index (κ2) is 4.79. The fourth-order valence-electron chi connectivity index (χ4n) is 1.39. The molecule has 0 bridgehead atoms. The lowest BCUT2D eigenvalue weighted by molar-refractivity contribution is -0.114. The second-order valence-corrected chi connectivity index (χ2v) is 3.96. The molecule has 1 aromatic rings. The van der Waals surface area contributed by atoms with Crippen LogP contribution in [0.1, 0.15) is 42.6 Å². The van der Waals surface area contributed by atoms with Gasteiger partial charge in [0.25, 0.3) is 0 Å². The zero-order chi connectivity index (χ0) is 12.3. The van der Waals surface area contributed by atoms with E-state index in [0.717, 1.165) is 5.56 Å². The van der Waals surface area contributed by atoms with E-state index in [4.69, 9.17) is 0 Å². The molecule has 1 aromatic carbocycles. The number of carbonyl (C=O) groups is 2. The summed E-state index contributed by atoms with van der Waals surface area (Å²) in [5.41, 5.74) is 1.36. The minimum atomic E-state index is -0.284. The Kier molecular flexibility index (Phi) is 3.66. The third kappa shape index (κ3) is 2.59. The highest BCUT2D eigenvalue weighted by molar-refractivity contribution is 5.93. The molecule has 86 valence electrons. The summed E-state index contributed by atoms with van der Waals surface area (Å²) in [5, 5.41) is 12.2. The first-order chi connectivity index (χ1) is 7.45. The SMILES string of the molecule is CC(=O)Nc1cc(C(C)C)cc(C=O)c1O. The second-order valence-electron chi connectivity index (χ2n) is 3.96. The van der Waals surface area contributed by atoms with Gasteiger partial charge in [0.05, 0.1) is 11.3 Å². The minimum absolute atomic E-state index is 0.186. The standard InChI is InChI=1S/C12H15NO3/c1-7(2)9-4-10(6-14)12(16)11(5-9)13-8(3)15/h4-7,16H,1-3H3,(H,13,15). The molecule has 4 heteroatoms. The summed E-state index contributed by atoms with van der Waals surface area (Å²) < 4.78 is 0. The zero-order valence-corrected chi connectivity index (χ0v) is 9.57. The first-order valence-electron chi connectivity index (χ1n) is 5.05. The lowest BCUT2D eigenvalue weighted by atomic mass is 9.99. The van der Waals surface area contributed by atoms with Gasteiger partial charge in [-0.15, -0.1) is 0 Å². The maximum atomic E-state index is 10.9. The lowest BCUT2D eigenvalue weighted by Crippen LogP contribution is -2.07. The van der Waals surface area contributed by atoms with E-state index in [1.165, 1.54) is 6.92 Å². The third-order valence-electron chi connectivity index (χ3n) is 2.27. The Bertz CT molecular complexity index is 425. The van der Waals surface area contributed by atoms with Crippen molar-refractivity contribution in [2.75, 3.05) is 5.32 Å². The molecule has 0 spiro atoms. The zero-order valence-electron chi connectivity index (χ0n) is 9.57. The summed E-state index contributed by atoms with van der Waals surface area (Å²) in [6.45, 7) is 5.29. The molecule has 0 heterocycles. The number of phenols is 1. The Morgan fingerprint density at radius 1 is 1.44 bits per heavy atom. The van der Waals surface area contributed by atoms with Gasteiger partial charge in [-0.3, -0.25) is 9.59 Å². The van der Waals surface area contributed by atoms with Gasteiger partial charge in [-0.25, -0.2) is 0 Å². The Labute approximate surface area is 94.3 Å². The molecule has 0 aliphatic rings. The van der Waals surface area contributed by atoms with Gasteiger partial charge in [-0.1, -0.05) is 13.8 Å². The third-order valence-corrected chi connectivity index (χ3v) is 2.27. The molecule has 16 heavy (non-hydrogen) atoms. The number of hydrogen-bond acceptors (Lipinski definition) is 3. The molecule has 4 nitrogen and oxygen atoms in total. The van der Waals surface area contributed by atoms with Gasteiger partial charge in [-0.05, 0) is 23.6 Å². The van der Waals surface area contributed by atoms with Gasteiger partial charge in [-0.2, -0.15) is 0 Å². The highest BCUT2D eigenvalue weighted by atomic mass is 16.3. The van der Waals surface area contributed by atoms with Gasteiger partial charge < -0.3 is 10.4 Å². The van der Waals surface area contributed by atoms with E-state index in [2.05, 4.69) is 5.32 Å². The molecule has 0 aliphatic heterocycles. The molecule has 1 rings (SSSR count). The van der Waals surface area contributed by atoms with Crippen molar-refractivity contribution in [3.05, 3.63) is 23.3 Å². The van der Waals surface area contributed by atoms with Crippen LogP contribution in [0.25, 0.3) is 0 Å². The van der Waals surface area contributed by atoms with Gasteiger partial charge in [0.15, 0.2) is 6.29 Å². The largest absolute Gasteiger partial charge is 0.505 e. The number of carbonyl (C=O) groups excluding carboxylic acids is 2. The molecule has 0 fully saturated rings. The molecule has 0 saturated carbocycles. The van der Waals surface area contributed by atoms with Crippen LogP contribution in [0.3, 0.4) is 0 Å². The minimum Gasteiger partial charge on any atom is -0.505 e. The Balaban J connectivity index is 3.29. The highest BCUT2D eigenvalue weighted by Crippen LogP contribution is 2.31. The van der Waals surface area contributed by atoms with E-state index in [9.17, 15) is 14.7 Å². The number of rotatable bonds is 3. The van der Waals surface area contributed by atoms with Crippen molar-refractivity contribution in [2.45, 2.75) is 26.7 Å². The molecule has 0 atom stereocenters. The lowest BCUT2D eigenvalue weighted by Gasteiger charge is -2.12. The van der Waals surface area contributed by atoms with E-state index in [1.807, 2.05) is 13.8 Å². The van der Waals surface area contributed by atoms with Crippen molar-refractivity contribution in [2.24, 2.45) is 0 Å². The number of benzene rings is 1. The van der Waals surface area contributed by atoms with Crippen LogP contribution in [0, 0.1) is 0 Å². The molecule has 1 amide bonds. The number of hydrogen-bond donors (Lipinski definition) is 2. The first kappa shape index (κ1) is 12.2. The molecule has 2 N–H and O–H groups in total. The normalized spacial score (nSPS) is 10.2. The topological polar surface area (TPSA) is 66.4 Å². The molecule has 0 radical (unpaired) electrons. The van der Waals surface area contributed by atoms with Crippen LogP contribution in [-0.2, 0) is 4.79 Å². The summed E-state index contributed by atoms with van der Waals surface area (Å²) >= 11 is 0. The van der Waals surface area contributed by atoms with Crippen molar-refractivity contribution in [1.29, 1.82) is 0 Å². The van der Waals surface area contributed by atoms with Crippen molar-refractivity contribution in [3.8, 4) is 5.75 Å². The number of nitrogens with one attached hydrogen (secondary N) is 1. The Hall–Kier alpha value is -1.84. The summed E-state index contributed by atoms with van der Waals surface area (Å²) in [6, 6.07) is 3.30.